The number of imide groups is 1. The van der Waals surface area contributed by atoms with E-state index in [9.17, 15) is 9.59 Å². The fraction of sp³-hybridized carbons (Fsp3) is 0.350. The summed E-state index contributed by atoms with van der Waals surface area (Å²) in [4.78, 5) is 37.4. The van der Waals surface area contributed by atoms with Crippen LogP contribution in [0.1, 0.15) is 18.7 Å². The van der Waals surface area contributed by atoms with E-state index in [4.69, 9.17) is 0 Å². The molecular formula is C20H20N6O2. The Labute approximate surface area is 161 Å². The van der Waals surface area contributed by atoms with Gasteiger partial charge in [-0.1, -0.05) is 12.1 Å². The molecular weight excluding hydrogens is 356 g/mol. The van der Waals surface area contributed by atoms with E-state index in [2.05, 4.69) is 20.0 Å². The summed E-state index contributed by atoms with van der Waals surface area (Å²) in [6.45, 7) is 1.27. The largest absolute Gasteiger partial charge is 0.275 e. The SMILES string of the molecule is Cn1cc(-c2ccc3cnc(CC(=O)N4CN5CCCC5C4=O)nc3c2)cn1. The van der Waals surface area contributed by atoms with Crippen molar-refractivity contribution in [1.29, 1.82) is 0 Å². The van der Waals surface area contributed by atoms with Crippen molar-refractivity contribution in [2.45, 2.75) is 25.3 Å². The quantitative estimate of drug-likeness (QED) is 0.686. The molecule has 5 rings (SSSR count). The number of amides is 2. The van der Waals surface area contributed by atoms with Crippen molar-refractivity contribution in [1.82, 2.24) is 29.5 Å². The van der Waals surface area contributed by atoms with Gasteiger partial charge in [0.15, 0.2) is 0 Å². The number of carbonyl (C=O) groups excluding carboxylic acids is 2. The molecule has 0 aliphatic carbocycles. The van der Waals surface area contributed by atoms with Crippen LogP contribution in [-0.2, 0) is 23.1 Å². The van der Waals surface area contributed by atoms with Crippen LogP contribution in [0.5, 0.6) is 0 Å². The van der Waals surface area contributed by atoms with E-state index >= 15 is 0 Å². The Morgan fingerprint density at radius 3 is 2.93 bits per heavy atom. The number of hydrogen-bond donors (Lipinski definition) is 0. The summed E-state index contributed by atoms with van der Waals surface area (Å²) in [5, 5.41) is 5.11. The highest BCUT2D eigenvalue weighted by molar-refractivity contribution is 6.00. The van der Waals surface area contributed by atoms with Crippen molar-refractivity contribution in [2.24, 2.45) is 7.05 Å². The molecule has 2 aromatic heterocycles. The first-order valence-corrected chi connectivity index (χ1v) is 9.41. The van der Waals surface area contributed by atoms with Gasteiger partial charge in [-0.2, -0.15) is 5.10 Å². The lowest BCUT2D eigenvalue weighted by molar-refractivity contribution is -0.142. The fourth-order valence-corrected chi connectivity index (χ4v) is 4.04. The standard InChI is InChI=1S/C20H20N6O2/c1-24-11-15(10-22-24)13-4-5-14-9-21-18(23-16(14)7-13)8-19(27)26-12-25-6-2-3-17(25)20(26)28/h4-5,7,9-11,17H,2-3,6,8,12H2,1H3. The molecule has 28 heavy (non-hydrogen) atoms. The van der Waals surface area contributed by atoms with Gasteiger partial charge in [0.2, 0.25) is 11.8 Å². The van der Waals surface area contributed by atoms with Crippen molar-refractivity contribution in [2.75, 3.05) is 13.2 Å². The van der Waals surface area contributed by atoms with Gasteiger partial charge in [0.1, 0.15) is 5.82 Å². The van der Waals surface area contributed by atoms with E-state index in [1.165, 1.54) is 4.90 Å². The zero-order valence-corrected chi connectivity index (χ0v) is 15.6. The van der Waals surface area contributed by atoms with Crippen LogP contribution in [0.25, 0.3) is 22.0 Å². The minimum absolute atomic E-state index is 0.0271. The average molecular weight is 376 g/mol. The third kappa shape index (κ3) is 2.86. The molecule has 8 nitrogen and oxygen atoms in total. The van der Waals surface area contributed by atoms with E-state index < -0.39 is 0 Å². The molecule has 1 atom stereocenters. The van der Waals surface area contributed by atoms with Crippen LogP contribution < -0.4 is 0 Å². The number of aromatic nitrogens is 4. The summed E-state index contributed by atoms with van der Waals surface area (Å²) in [6.07, 6.45) is 7.36. The number of rotatable bonds is 3. The van der Waals surface area contributed by atoms with Gasteiger partial charge < -0.3 is 0 Å². The normalized spacial score (nSPS) is 19.5. The maximum atomic E-state index is 12.7. The van der Waals surface area contributed by atoms with E-state index in [-0.39, 0.29) is 24.3 Å². The molecule has 2 aliphatic rings. The Bertz CT molecular complexity index is 1090. The van der Waals surface area contributed by atoms with Gasteiger partial charge in [-0.25, -0.2) is 9.97 Å². The molecule has 2 aliphatic heterocycles. The van der Waals surface area contributed by atoms with Gasteiger partial charge in [0.25, 0.3) is 0 Å². The molecule has 4 heterocycles. The minimum Gasteiger partial charge on any atom is -0.275 e. The zero-order valence-electron chi connectivity index (χ0n) is 15.6. The molecule has 3 aromatic rings. The Kier molecular flexibility index (Phi) is 3.94. The first-order chi connectivity index (χ1) is 13.6. The topological polar surface area (TPSA) is 84.2 Å². The Hall–Kier alpha value is -3.13. The first-order valence-electron chi connectivity index (χ1n) is 9.41. The summed E-state index contributed by atoms with van der Waals surface area (Å²) in [5.74, 6) is 0.116. The van der Waals surface area contributed by atoms with Crippen molar-refractivity contribution < 1.29 is 9.59 Å². The molecule has 2 amide bonds. The monoisotopic (exact) mass is 376 g/mol. The van der Waals surface area contributed by atoms with Crippen LogP contribution in [0.2, 0.25) is 0 Å². The van der Waals surface area contributed by atoms with Crippen molar-refractivity contribution >= 4 is 22.7 Å². The molecule has 0 bridgehead atoms. The first kappa shape index (κ1) is 17.0. The third-order valence-corrected chi connectivity index (χ3v) is 5.52. The van der Waals surface area contributed by atoms with Crippen molar-refractivity contribution in [3.63, 3.8) is 0 Å². The third-order valence-electron chi connectivity index (χ3n) is 5.52. The predicted octanol–water partition coefficient (Wildman–Crippen LogP) is 1.36. The van der Waals surface area contributed by atoms with Crippen molar-refractivity contribution in [3.8, 4) is 11.1 Å². The van der Waals surface area contributed by atoms with E-state index in [1.54, 1.807) is 17.1 Å². The molecule has 8 heteroatoms. The highest BCUT2D eigenvalue weighted by atomic mass is 16.2. The van der Waals surface area contributed by atoms with Crippen LogP contribution >= 0.6 is 0 Å². The zero-order chi connectivity index (χ0) is 19.3. The lowest BCUT2D eigenvalue weighted by Gasteiger charge is -2.15. The van der Waals surface area contributed by atoms with Crippen LogP contribution in [0.3, 0.4) is 0 Å². The lowest BCUT2D eigenvalue weighted by atomic mass is 10.1. The van der Waals surface area contributed by atoms with E-state index in [0.717, 1.165) is 41.4 Å². The summed E-state index contributed by atoms with van der Waals surface area (Å²) in [7, 11) is 1.88. The van der Waals surface area contributed by atoms with Gasteiger partial charge in [-0.15, -0.1) is 0 Å². The molecule has 0 saturated carbocycles. The number of nitrogens with zero attached hydrogens (tertiary/aromatic N) is 6. The second-order valence-corrected chi connectivity index (χ2v) is 7.41. The van der Waals surface area contributed by atoms with E-state index in [1.807, 2.05) is 31.4 Å². The minimum atomic E-state index is -0.234. The molecule has 1 aromatic carbocycles. The van der Waals surface area contributed by atoms with Gasteiger partial charge in [0.05, 0.1) is 30.8 Å². The molecule has 0 radical (unpaired) electrons. The molecule has 0 N–H and O–H groups in total. The summed E-state index contributed by atoms with van der Waals surface area (Å²) >= 11 is 0. The molecule has 1 unspecified atom stereocenters. The van der Waals surface area contributed by atoms with E-state index in [0.29, 0.717) is 12.5 Å². The summed E-state index contributed by atoms with van der Waals surface area (Å²) in [5.41, 5.74) is 2.78. The number of fused-ring (bicyclic) bond motifs is 2. The smallest absolute Gasteiger partial charge is 0.247 e. The second kappa shape index (κ2) is 6.49. The Morgan fingerprint density at radius 2 is 2.14 bits per heavy atom. The molecule has 0 spiro atoms. The Balaban J connectivity index is 1.38. The van der Waals surface area contributed by atoms with Crippen LogP contribution in [0.4, 0.5) is 0 Å². The number of benzene rings is 1. The second-order valence-electron chi connectivity index (χ2n) is 7.41. The van der Waals surface area contributed by atoms with Gasteiger partial charge in [-0.05, 0) is 24.5 Å². The average Bonchev–Trinajstić information content (AvgIpc) is 3.39. The van der Waals surface area contributed by atoms with Gasteiger partial charge >= 0.3 is 0 Å². The number of aryl methyl sites for hydroxylation is 1. The predicted molar refractivity (Wildman–Crippen MR) is 102 cm³/mol. The van der Waals surface area contributed by atoms with Gasteiger partial charge in [-0.3, -0.25) is 24.1 Å². The summed E-state index contributed by atoms with van der Waals surface area (Å²) in [6, 6.07) is 5.81. The molecule has 142 valence electrons. The van der Waals surface area contributed by atoms with Crippen LogP contribution in [0, 0.1) is 0 Å². The van der Waals surface area contributed by atoms with Crippen LogP contribution in [0.15, 0.2) is 36.8 Å². The highest BCUT2D eigenvalue weighted by Crippen LogP contribution is 2.26. The number of hydrogen-bond acceptors (Lipinski definition) is 6. The molecule has 2 fully saturated rings. The lowest BCUT2D eigenvalue weighted by Crippen LogP contribution is -2.36. The number of carbonyl (C=O) groups is 2. The maximum absolute atomic E-state index is 12.7. The van der Waals surface area contributed by atoms with Gasteiger partial charge in [0, 0.05) is 36.9 Å². The van der Waals surface area contributed by atoms with Crippen LogP contribution in [-0.4, -0.2) is 60.6 Å². The fourth-order valence-electron chi connectivity index (χ4n) is 4.04. The molecule has 2 saturated heterocycles. The highest BCUT2D eigenvalue weighted by Gasteiger charge is 2.43. The van der Waals surface area contributed by atoms with Crippen molar-refractivity contribution in [3.05, 3.63) is 42.6 Å². The maximum Gasteiger partial charge on any atom is 0.247 e. The Morgan fingerprint density at radius 1 is 1.25 bits per heavy atom. The summed E-state index contributed by atoms with van der Waals surface area (Å²) < 4.78 is 1.75.